The van der Waals surface area contributed by atoms with E-state index in [1.165, 1.54) is 28.3 Å². The van der Waals surface area contributed by atoms with Crippen molar-refractivity contribution in [1.29, 1.82) is 0 Å². The highest BCUT2D eigenvalue weighted by atomic mass is 32.2. The maximum atomic E-state index is 12.9. The molecule has 0 bridgehead atoms. The van der Waals surface area contributed by atoms with Gasteiger partial charge in [0.15, 0.2) is 0 Å². The number of amides is 1. The number of ether oxygens (including phenoxy) is 1. The van der Waals surface area contributed by atoms with Gasteiger partial charge in [0.25, 0.3) is 10.2 Å². The monoisotopic (exact) mass is 395 g/mol. The molecule has 150 valence electrons. The number of hydrogen-bond donors (Lipinski definition) is 1. The predicted octanol–water partition coefficient (Wildman–Crippen LogP) is 1.71. The van der Waals surface area contributed by atoms with Gasteiger partial charge in [-0.1, -0.05) is 6.07 Å². The second-order valence-electron chi connectivity index (χ2n) is 7.51. The van der Waals surface area contributed by atoms with Gasteiger partial charge in [0.05, 0.1) is 19.1 Å². The average Bonchev–Trinajstić information content (AvgIpc) is 2.67. The van der Waals surface area contributed by atoms with Crippen LogP contribution in [0.1, 0.15) is 42.9 Å². The van der Waals surface area contributed by atoms with Crippen molar-refractivity contribution in [1.82, 2.24) is 13.9 Å². The van der Waals surface area contributed by atoms with Crippen LogP contribution in [0.3, 0.4) is 0 Å². The number of hydrogen-bond acceptors (Lipinski definition) is 4. The molecule has 1 aromatic carbocycles. The van der Waals surface area contributed by atoms with Gasteiger partial charge >= 0.3 is 0 Å². The Balaban J connectivity index is 1.69. The molecule has 2 unspecified atom stereocenters. The van der Waals surface area contributed by atoms with E-state index in [1.807, 2.05) is 18.2 Å². The summed E-state index contributed by atoms with van der Waals surface area (Å²) in [6.45, 7) is 0.713. The van der Waals surface area contributed by atoms with Crippen LogP contribution in [0.4, 0.5) is 0 Å². The smallest absolute Gasteiger partial charge is 0.281 e. The molecular formula is C19H29N3O4S. The zero-order valence-corrected chi connectivity index (χ0v) is 17.1. The van der Waals surface area contributed by atoms with E-state index in [4.69, 9.17) is 4.74 Å². The van der Waals surface area contributed by atoms with Crippen molar-refractivity contribution in [3.05, 3.63) is 29.3 Å². The minimum Gasteiger partial charge on any atom is -0.497 e. The van der Waals surface area contributed by atoms with Crippen LogP contribution in [-0.4, -0.2) is 57.2 Å². The Kier molecular flexibility index (Phi) is 6.08. The molecule has 1 N–H and O–H groups in total. The fourth-order valence-corrected chi connectivity index (χ4v) is 5.14. The summed E-state index contributed by atoms with van der Waals surface area (Å²) in [5.41, 5.74) is 2.36. The molecule has 7 nitrogen and oxygen atoms in total. The molecular weight excluding hydrogens is 366 g/mol. The number of fused-ring (bicyclic) bond motifs is 1. The van der Waals surface area contributed by atoms with Crippen LogP contribution < -0.4 is 10.1 Å². The van der Waals surface area contributed by atoms with E-state index in [9.17, 15) is 13.2 Å². The van der Waals surface area contributed by atoms with E-state index < -0.39 is 10.2 Å². The number of methoxy groups -OCH3 is 1. The van der Waals surface area contributed by atoms with Crippen molar-refractivity contribution in [2.75, 3.05) is 34.3 Å². The Hall–Kier alpha value is -1.64. The minimum atomic E-state index is -3.48. The molecule has 1 heterocycles. The Morgan fingerprint density at radius 1 is 1.26 bits per heavy atom. The number of benzene rings is 1. The van der Waals surface area contributed by atoms with E-state index in [0.717, 1.165) is 30.6 Å². The maximum absolute atomic E-state index is 12.9. The van der Waals surface area contributed by atoms with Gasteiger partial charge in [0.1, 0.15) is 5.75 Å². The maximum Gasteiger partial charge on any atom is 0.281 e. The lowest BCUT2D eigenvalue weighted by Crippen LogP contribution is -2.49. The molecule has 1 fully saturated rings. The molecule has 1 aliphatic heterocycles. The van der Waals surface area contributed by atoms with Crippen LogP contribution in [-0.2, 0) is 21.4 Å². The molecule has 27 heavy (non-hydrogen) atoms. The first-order valence-electron chi connectivity index (χ1n) is 9.47. The standard InChI is InChI=1S/C19H29N3O4S/c1-21(2)27(24,25)22-11-5-7-15(13-22)19(23)20-18-8-4-6-14-12-16(26-3)9-10-17(14)18/h9-10,12,15,18H,4-8,11,13H2,1-3H3,(H,20,23). The van der Waals surface area contributed by atoms with Gasteiger partial charge in [0, 0.05) is 27.2 Å². The van der Waals surface area contributed by atoms with Crippen LogP contribution in [0.15, 0.2) is 18.2 Å². The normalized spacial score (nSPS) is 23.7. The third-order valence-electron chi connectivity index (χ3n) is 5.52. The lowest BCUT2D eigenvalue weighted by molar-refractivity contribution is -0.127. The van der Waals surface area contributed by atoms with Crippen molar-refractivity contribution < 1.29 is 17.9 Å². The molecule has 0 saturated carbocycles. The summed E-state index contributed by atoms with van der Waals surface area (Å²) in [6, 6.07) is 5.98. The van der Waals surface area contributed by atoms with Gasteiger partial charge < -0.3 is 10.1 Å². The van der Waals surface area contributed by atoms with Gasteiger partial charge in [-0.05, 0) is 55.4 Å². The fraction of sp³-hybridized carbons (Fsp3) is 0.632. The van der Waals surface area contributed by atoms with Crippen molar-refractivity contribution >= 4 is 16.1 Å². The highest BCUT2D eigenvalue weighted by molar-refractivity contribution is 7.86. The summed E-state index contributed by atoms with van der Waals surface area (Å²) in [4.78, 5) is 12.9. The van der Waals surface area contributed by atoms with Gasteiger partial charge in [-0.2, -0.15) is 17.0 Å². The van der Waals surface area contributed by atoms with Crippen LogP contribution >= 0.6 is 0 Å². The number of piperidine rings is 1. The summed E-state index contributed by atoms with van der Waals surface area (Å²) in [5, 5.41) is 3.17. The third-order valence-corrected chi connectivity index (χ3v) is 7.43. The summed E-state index contributed by atoms with van der Waals surface area (Å²) < 4.78 is 32.7. The topological polar surface area (TPSA) is 79.0 Å². The van der Waals surface area contributed by atoms with Gasteiger partial charge in [-0.25, -0.2) is 0 Å². The zero-order valence-electron chi connectivity index (χ0n) is 16.3. The van der Waals surface area contributed by atoms with E-state index in [1.54, 1.807) is 7.11 Å². The fourth-order valence-electron chi connectivity index (χ4n) is 3.95. The number of nitrogens with zero attached hydrogens (tertiary/aromatic N) is 2. The van der Waals surface area contributed by atoms with Gasteiger partial charge in [-0.15, -0.1) is 0 Å². The van der Waals surface area contributed by atoms with E-state index in [2.05, 4.69) is 5.32 Å². The highest BCUT2D eigenvalue weighted by Crippen LogP contribution is 2.33. The average molecular weight is 396 g/mol. The lowest BCUT2D eigenvalue weighted by atomic mass is 9.87. The van der Waals surface area contributed by atoms with Crippen molar-refractivity contribution in [3.63, 3.8) is 0 Å². The second-order valence-corrected chi connectivity index (χ2v) is 9.65. The molecule has 2 atom stereocenters. The molecule has 1 saturated heterocycles. The van der Waals surface area contributed by atoms with E-state index >= 15 is 0 Å². The predicted molar refractivity (Wildman–Crippen MR) is 104 cm³/mol. The Morgan fingerprint density at radius 3 is 2.74 bits per heavy atom. The summed E-state index contributed by atoms with van der Waals surface area (Å²) in [7, 11) is 1.21. The number of carbonyl (C=O) groups excluding carboxylic acids is 1. The number of nitrogens with one attached hydrogen (secondary N) is 1. The third kappa shape index (κ3) is 4.28. The first kappa shape index (κ1) is 20.1. The van der Waals surface area contributed by atoms with Crippen LogP contribution in [0.2, 0.25) is 0 Å². The van der Waals surface area contributed by atoms with Crippen LogP contribution in [0.25, 0.3) is 0 Å². The van der Waals surface area contributed by atoms with E-state index in [-0.39, 0.29) is 24.4 Å². The second kappa shape index (κ2) is 8.16. The molecule has 0 radical (unpaired) electrons. The van der Waals surface area contributed by atoms with Crippen molar-refractivity contribution in [3.8, 4) is 5.75 Å². The molecule has 8 heteroatoms. The molecule has 1 aromatic rings. The Labute approximate surface area is 161 Å². The quantitative estimate of drug-likeness (QED) is 0.823. The van der Waals surface area contributed by atoms with Crippen LogP contribution in [0.5, 0.6) is 5.75 Å². The van der Waals surface area contributed by atoms with Crippen molar-refractivity contribution in [2.45, 2.75) is 38.1 Å². The summed E-state index contributed by atoms with van der Waals surface area (Å²) in [5.74, 6) is 0.469. The Bertz CT molecular complexity index is 794. The molecule has 3 rings (SSSR count). The summed E-state index contributed by atoms with van der Waals surface area (Å²) >= 11 is 0. The zero-order chi connectivity index (χ0) is 19.6. The molecule has 1 aliphatic carbocycles. The Morgan fingerprint density at radius 2 is 2.04 bits per heavy atom. The largest absolute Gasteiger partial charge is 0.497 e. The molecule has 0 aromatic heterocycles. The molecule has 2 aliphatic rings. The first-order valence-corrected chi connectivity index (χ1v) is 10.9. The lowest BCUT2D eigenvalue weighted by Gasteiger charge is -2.34. The highest BCUT2D eigenvalue weighted by Gasteiger charge is 2.34. The minimum absolute atomic E-state index is 0.0204. The van der Waals surface area contributed by atoms with Gasteiger partial charge in [-0.3, -0.25) is 4.79 Å². The number of aryl methyl sites for hydroxylation is 1. The number of carbonyl (C=O) groups is 1. The first-order chi connectivity index (χ1) is 12.8. The van der Waals surface area contributed by atoms with E-state index in [0.29, 0.717) is 19.4 Å². The SMILES string of the molecule is COc1ccc2c(c1)CCCC2NC(=O)C1CCCN(S(=O)(=O)N(C)C)C1. The van der Waals surface area contributed by atoms with Crippen LogP contribution in [0, 0.1) is 5.92 Å². The van der Waals surface area contributed by atoms with Gasteiger partial charge in [0.2, 0.25) is 5.91 Å². The summed E-state index contributed by atoms with van der Waals surface area (Å²) in [6.07, 6.45) is 4.31. The van der Waals surface area contributed by atoms with Crippen molar-refractivity contribution in [2.24, 2.45) is 5.92 Å². The molecule has 0 spiro atoms. The molecule has 1 amide bonds. The number of rotatable bonds is 5.